The molecule has 0 bridgehead atoms. The SMILES string of the molecule is CC1=NN(c2ccccc2)C(=O)/C1=C/c1ccc(N(c2ccccc2)c2ccccc2)cc1. The summed E-state index contributed by atoms with van der Waals surface area (Å²) in [7, 11) is 0. The standard InChI is InChI=1S/C29H23N3O/c1-22-28(29(33)32(30-22)27-15-9-4-10-16-27)21-23-17-19-26(20-18-23)31(24-11-5-2-6-12-24)25-13-7-3-8-14-25/h2-21H,1H3/b28-21+. The number of anilines is 4. The lowest BCUT2D eigenvalue weighted by Crippen LogP contribution is -2.21. The maximum atomic E-state index is 13.0. The second-order valence-corrected chi connectivity index (χ2v) is 7.79. The van der Waals surface area contributed by atoms with E-state index in [1.54, 1.807) is 0 Å². The molecule has 160 valence electrons. The fourth-order valence-corrected chi connectivity index (χ4v) is 3.92. The molecule has 4 nitrogen and oxygen atoms in total. The summed E-state index contributed by atoms with van der Waals surface area (Å²) in [5.41, 5.74) is 6.25. The van der Waals surface area contributed by atoms with Gasteiger partial charge in [0.05, 0.1) is 17.0 Å². The minimum Gasteiger partial charge on any atom is -0.311 e. The maximum absolute atomic E-state index is 13.0. The Bertz CT molecular complexity index is 1270. The van der Waals surface area contributed by atoms with Crippen LogP contribution in [-0.4, -0.2) is 11.6 Å². The topological polar surface area (TPSA) is 35.9 Å². The minimum atomic E-state index is -0.113. The Morgan fingerprint density at radius 1 is 0.667 bits per heavy atom. The van der Waals surface area contributed by atoms with Crippen LogP contribution in [0.3, 0.4) is 0 Å². The van der Waals surface area contributed by atoms with Crippen molar-refractivity contribution >= 4 is 40.4 Å². The Labute approximate surface area is 193 Å². The van der Waals surface area contributed by atoms with Crippen molar-refractivity contribution in [2.45, 2.75) is 6.92 Å². The van der Waals surface area contributed by atoms with Crippen LogP contribution in [0.5, 0.6) is 0 Å². The van der Waals surface area contributed by atoms with Gasteiger partial charge in [0.1, 0.15) is 0 Å². The molecule has 4 aromatic carbocycles. The number of nitrogens with zero attached hydrogens (tertiary/aromatic N) is 3. The minimum absolute atomic E-state index is 0.113. The van der Waals surface area contributed by atoms with Gasteiger partial charge in [0.25, 0.3) is 5.91 Å². The molecule has 0 saturated heterocycles. The van der Waals surface area contributed by atoms with Crippen molar-refractivity contribution < 1.29 is 4.79 Å². The van der Waals surface area contributed by atoms with E-state index in [1.807, 2.05) is 91.9 Å². The van der Waals surface area contributed by atoms with E-state index in [0.717, 1.165) is 28.3 Å². The summed E-state index contributed by atoms with van der Waals surface area (Å²) < 4.78 is 0. The molecule has 4 heteroatoms. The molecule has 0 N–H and O–H groups in total. The maximum Gasteiger partial charge on any atom is 0.280 e. The van der Waals surface area contributed by atoms with E-state index in [2.05, 4.69) is 46.4 Å². The van der Waals surface area contributed by atoms with Gasteiger partial charge >= 0.3 is 0 Å². The van der Waals surface area contributed by atoms with E-state index in [9.17, 15) is 4.79 Å². The second kappa shape index (κ2) is 8.97. The fourth-order valence-electron chi connectivity index (χ4n) is 3.92. The van der Waals surface area contributed by atoms with Crippen LogP contribution in [0.15, 0.2) is 126 Å². The zero-order valence-electron chi connectivity index (χ0n) is 18.3. The number of amides is 1. The summed E-state index contributed by atoms with van der Waals surface area (Å²) in [5.74, 6) is -0.113. The summed E-state index contributed by atoms with van der Waals surface area (Å²) in [5, 5.41) is 5.93. The summed E-state index contributed by atoms with van der Waals surface area (Å²) in [6.45, 7) is 1.87. The molecule has 0 aliphatic carbocycles. The van der Waals surface area contributed by atoms with Crippen molar-refractivity contribution in [1.29, 1.82) is 0 Å². The van der Waals surface area contributed by atoms with Crippen LogP contribution in [0.1, 0.15) is 12.5 Å². The van der Waals surface area contributed by atoms with Crippen LogP contribution in [0, 0.1) is 0 Å². The molecule has 1 heterocycles. The highest BCUT2D eigenvalue weighted by Gasteiger charge is 2.28. The van der Waals surface area contributed by atoms with Crippen molar-refractivity contribution in [2.24, 2.45) is 5.10 Å². The summed E-state index contributed by atoms with van der Waals surface area (Å²) >= 11 is 0. The van der Waals surface area contributed by atoms with Gasteiger partial charge in [-0.2, -0.15) is 10.1 Å². The Morgan fingerprint density at radius 2 is 1.15 bits per heavy atom. The normalized spacial score (nSPS) is 14.5. The third-order valence-corrected chi connectivity index (χ3v) is 5.55. The van der Waals surface area contributed by atoms with Gasteiger partial charge in [-0.25, -0.2) is 0 Å². The number of hydrogen-bond acceptors (Lipinski definition) is 3. The zero-order valence-corrected chi connectivity index (χ0v) is 18.3. The molecular weight excluding hydrogens is 406 g/mol. The van der Waals surface area contributed by atoms with E-state index < -0.39 is 0 Å². The van der Waals surface area contributed by atoms with Crippen molar-refractivity contribution in [3.8, 4) is 0 Å². The molecule has 1 aliphatic heterocycles. The Hall–Kier alpha value is -4.44. The van der Waals surface area contributed by atoms with Gasteiger partial charge in [-0.05, 0) is 67.1 Å². The number of hydrogen-bond donors (Lipinski definition) is 0. The lowest BCUT2D eigenvalue weighted by atomic mass is 10.1. The highest BCUT2D eigenvalue weighted by molar-refractivity contribution is 6.32. The fraction of sp³-hybridized carbons (Fsp3) is 0.0345. The van der Waals surface area contributed by atoms with Crippen LogP contribution in [0.4, 0.5) is 22.7 Å². The first kappa shape index (κ1) is 20.5. The van der Waals surface area contributed by atoms with Gasteiger partial charge in [0, 0.05) is 17.1 Å². The molecule has 5 rings (SSSR count). The largest absolute Gasteiger partial charge is 0.311 e. The second-order valence-electron chi connectivity index (χ2n) is 7.79. The summed E-state index contributed by atoms with van der Waals surface area (Å²) in [4.78, 5) is 15.2. The highest BCUT2D eigenvalue weighted by atomic mass is 16.2. The first-order chi connectivity index (χ1) is 16.2. The third-order valence-electron chi connectivity index (χ3n) is 5.55. The smallest absolute Gasteiger partial charge is 0.280 e. The zero-order chi connectivity index (χ0) is 22.6. The van der Waals surface area contributed by atoms with E-state index >= 15 is 0 Å². The van der Waals surface area contributed by atoms with E-state index in [-0.39, 0.29) is 5.91 Å². The predicted octanol–water partition coefficient (Wildman–Crippen LogP) is 6.96. The molecule has 4 aromatic rings. The van der Waals surface area contributed by atoms with Gasteiger partial charge in [-0.3, -0.25) is 4.79 Å². The quantitative estimate of drug-likeness (QED) is 0.321. The van der Waals surface area contributed by atoms with Crippen LogP contribution in [0.25, 0.3) is 6.08 Å². The van der Waals surface area contributed by atoms with E-state index in [1.165, 1.54) is 5.01 Å². The first-order valence-corrected chi connectivity index (χ1v) is 10.9. The van der Waals surface area contributed by atoms with Crippen molar-refractivity contribution in [2.75, 3.05) is 9.91 Å². The van der Waals surface area contributed by atoms with Gasteiger partial charge < -0.3 is 4.90 Å². The number of benzene rings is 4. The molecule has 0 radical (unpaired) electrons. The number of rotatable bonds is 5. The van der Waals surface area contributed by atoms with Crippen molar-refractivity contribution in [3.63, 3.8) is 0 Å². The summed E-state index contributed by atoms with van der Waals surface area (Å²) in [6.07, 6.45) is 1.91. The highest BCUT2D eigenvalue weighted by Crippen LogP contribution is 2.34. The molecule has 0 fully saturated rings. The van der Waals surface area contributed by atoms with Crippen LogP contribution < -0.4 is 9.91 Å². The average molecular weight is 430 g/mol. The summed E-state index contributed by atoms with van der Waals surface area (Å²) in [6, 6.07) is 38.3. The van der Waals surface area contributed by atoms with Crippen molar-refractivity contribution in [1.82, 2.24) is 0 Å². The molecule has 0 atom stereocenters. The van der Waals surface area contributed by atoms with E-state index in [4.69, 9.17) is 0 Å². The molecule has 1 aliphatic rings. The third kappa shape index (κ3) is 4.19. The Kier molecular flexibility index (Phi) is 5.56. The number of carbonyl (C=O) groups excluding carboxylic acids is 1. The van der Waals surface area contributed by atoms with Crippen LogP contribution in [0.2, 0.25) is 0 Å². The molecule has 0 saturated carbocycles. The first-order valence-electron chi connectivity index (χ1n) is 10.9. The number of carbonyl (C=O) groups is 1. The van der Waals surface area contributed by atoms with Crippen LogP contribution in [-0.2, 0) is 4.79 Å². The Morgan fingerprint density at radius 3 is 1.70 bits per heavy atom. The van der Waals surface area contributed by atoms with Crippen molar-refractivity contribution in [3.05, 3.63) is 126 Å². The molecule has 33 heavy (non-hydrogen) atoms. The molecule has 0 aromatic heterocycles. The van der Waals surface area contributed by atoms with E-state index in [0.29, 0.717) is 11.3 Å². The lowest BCUT2D eigenvalue weighted by molar-refractivity contribution is -0.114. The molecule has 0 spiro atoms. The molecule has 1 amide bonds. The monoisotopic (exact) mass is 429 g/mol. The average Bonchev–Trinajstić information content (AvgIpc) is 3.15. The molecule has 0 unspecified atom stereocenters. The Balaban J connectivity index is 1.45. The number of para-hydroxylation sites is 3. The van der Waals surface area contributed by atoms with Crippen LogP contribution >= 0.6 is 0 Å². The lowest BCUT2D eigenvalue weighted by Gasteiger charge is -2.25. The van der Waals surface area contributed by atoms with Gasteiger partial charge in [0.15, 0.2) is 0 Å². The molecular formula is C29H23N3O. The predicted molar refractivity (Wildman–Crippen MR) is 136 cm³/mol. The van der Waals surface area contributed by atoms with Gasteiger partial charge in [-0.1, -0.05) is 66.7 Å². The number of hydrazone groups is 1. The van der Waals surface area contributed by atoms with Gasteiger partial charge in [-0.15, -0.1) is 0 Å². The van der Waals surface area contributed by atoms with Gasteiger partial charge in [0.2, 0.25) is 0 Å².